The molecule has 7 heteroatoms. The monoisotopic (exact) mass is 378 g/mol. The van der Waals surface area contributed by atoms with Gasteiger partial charge in [0.15, 0.2) is 9.84 Å². The van der Waals surface area contributed by atoms with Crippen LogP contribution >= 0.6 is 0 Å². The lowest BCUT2D eigenvalue weighted by Crippen LogP contribution is -2.40. The van der Waals surface area contributed by atoms with Crippen LogP contribution < -0.4 is 0 Å². The second-order valence-electron chi connectivity index (χ2n) is 8.28. The van der Waals surface area contributed by atoms with Crippen LogP contribution in [0.1, 0.15) is 23.2 Å². The van der Waals surface area contributed by atoms with Gasteiger partial charge >= 0.3 is 0 Å². The first kappa shape index (κ1) is 17.9. The van der Waals surface area contributed by atoms with Crippen LogP contribution in [0.25, 0.3) is 0 Å². The molecule has 4 rings (SSSR count). The smallest absolute Gasteiger partial charge is 0.254 e. The van der Waals surface area contributed by atoms with Gasteiger partial charge in [0, 0.05) is 36.7 Å². The zero-order valence-corrected chi connectivity index (χ0v) is 16.3. The van der Waals surface area contributed by atoms with Crippen molar-refractivity contribution in [1.82, 2.24) is 9.80 Å². The number of hydrogen-bond acceptors (Lipinski definition) is 5. The van der Waals surface area contributed by atoms with E-state index in [0.29, 0.717) is 36.6 Å². The number of carbonyl (C=O) groups is 1. The standard InChI is InChI=1S/C19H26N2O4S/c1-20(2)10-15-16-11-21(12-19(16)8-7-17(15)25-19)18(22)13-5-4-6-14(9-13)26(3,23)24/h4-6,9,15-17H,7-8,10-12H2,1-3H3/t15-,16+,17+,19+/m1/s1. The topological polar surface area (TPSA) is 66.9 Å². The molecule has 6 nitrogen and oxygen atoms in total. The zero-order chi connectivity index (χ0) is 18.7. The average Bonchev–Trinajstić information content (AvgIpc) is 3.23. The van der Waals surface area contributed by atoms with Crippen LogP contribution in [0.4, 0.5) is 0 Å². The van der Waals surface area contributed by atoms with Crippen molar-refractivity contribution in [2.24, 2.45) is 11.8 Å². The maximum atomic E-state index is 13.0. The van der Waals surface area contributed by atoms with E-state index in [-0.39, 0.29) is 16.4 Å². The molecule has 4 atom stereocenters. The van der Waals surface area contributed by atoms with Gasteiger partial charge in [-0.1, -0.05) is 6.07 Å². The molecule has 0 radical (unpaired) electrons. The minimum absolute atomic E-state index is 0.102. The van der Waals surface area contributed by atoms with E-state index in [1.54, 1.807) is 12.1 Å². The zero-order valence-electron chi connectivity index (χ0n) is 15.5. The third-order valence-corrected chi connectivity index (χ3v) is 7.27. The summed E-state index contributed by atoms with van der Waals surface area (Å²) in [5.74, 6) is 0.722. The summed E-state index contributed by atoms with van der Waals surface area (Å²) in [5, 5.41) is 0. The second kappa shape index (κ2) is 6.04. The van der Waals surface area contributed by atoms with Crippen molar-refractivity contribution >= 4 is 15.7 Å². The van der Waals surface area contributed by atoms with Gasteiger partial charge in [-0.25, -0.2) is 8.42 Å². The maximum Gasteiger partial charge on any atom is 0.254 e. The number of amides is 1. The number of carbonyl (C=O) groups excluding carboxylic acids is 1. The van der Waals surface area contributed by atoms with Crippen LogP contribution in [-0.4, -0.2) is 75.8 Å². The van der Waals surface area contributed by atoms with Crippen LogP contribution in [0.3, 0.4) is 0 Å². The van der Waals surface area contributed by atoms with E-state index >= 15 is 0 Å². The molecule has 3 aliphatic heterocycles. The highest BCUT2D eigenvalue weighted by atomic mass is 32.2. The highest BCUT2D eigenvalue weighted by Gasteiger charge is 2.63. The Morgan fingerprint density at radius 1 is 1.38 bits per heavy atom. The number of sulfone groups is 1. The third kappa shape index (κ3) is 2.86. The molecule has 0 saturated carbocycles. The molecule has 0 unspecified atom stereocenters. The van der Waals surface area contributed by atoms with E-state index in [0.717, 1.165) is 25.6 Å². The first-order chi connectivity index (χ1) is 12.2. The summed E-state index contributed by atoms with van der Waals surface area (Å²) in [7, 11) is 0.823. The minimum Gasteiger partial charge on any atom is -0.369 e. The Kier molecular flexibility index (Phi) is 4.17. The molecule has 1 spiro atoms. The summed E-state index contributed by atoms with van der Waals surface area (Å²) >= 11 is 0. The molecule has 0 aromatic heterocycles. The fourth-order valence-corrected chi connectivity index (χ4v) is 5.72. The summed E-state index contributed by atoms with van der Waals surface area (Å²) in [6.07, 6.45) is 3.56. The summed E-state index contributed by atoms with van der Waals surface area (Å²) in [6, 6.07) is 6.34. The molecule has 1 amide bonds. The van der Waals surface area contributed by atoms with Crippen molar-refractivity contribution in [3.63, 3.8) is 0 Å². The van der Waals surface area contributed by atoms with E-state index in [1.165, 1.54) is 12.1 Å². The Balaban J connectivity index is 1.57. The number of rotatable bonds is 4. The first-order valence-electron chi connectivity index (χ1n) is 9.11. The Bertz CT molecular complexity index is 838. The lowest BCUT2D eigenvalue weighted by molar-refractivity contribution is 0.00256. The van der Waals surface area contributed by atoms with Crippen LogP contribution in [-0.2, 0) is 14.6 Å². The van der Waals surface area contributed by atoms with Crippen molar-refractivity contribution in [3.05, 3.63) is 29.8 Å². The summed E-state index contributed by atoms with van der Waals surface area (Å²) in [4.78, 5) is 17.3. The number of fused-ring (bicyclic) bond motifs is 1. The number of hydrogen-bond donors (Lipinski definition) is 0. The van der Waals surface area contributed by atoms with Gasteiger partial charge in [-0.2, -0.15) is 0 Å². The third-order valence-electron chi connectivity index (χ3n) is 6.16. The van der Waals surface area contributed by atoms with Gasteiger partial charge in [0.25, 0.3) is 5.91 Å². The summed E-state index contributed by atoms with van der Waals surface area (Å²) < 4.78 is 30.0. The van der Waals surface area contributed by atoms with Crippen LogP contribution in [0.2, 0.25) is 0 Å². The van der Waals surface area contributed by atoms with Crippen LogP contribution in [0.15, 0.2) is 29.2 Å². The summed E-state index contributed by atoms with van der Waals surface area (Å²) in [5.41, 5.74) is 0.234. The molecule has 3 aliphatic rings. The number of ether oxygens (including phenoxy) is 1. The van der Waals surface area contributed by atoms with E-state index in [2.05, 4.69) is 19.0 Å². The molecule has 1 aromatic rings. The summed E-state index contributed by atoms with van der Waals surface area (Å²) in [6.45, 7) is 2.28. The number of nitrogens with zero attached hydrogens (tertiary/aromatic N) is 2. The van der Waals surface area contributed by atoms with Gasteiger partial charge in [-0.3, -0.25) is 4.79 Å². The van der Waals surface area contributed by atoms with Crippen molar-refractivity contribution in [2.75, 3.05) is 40.0 Å². The SMILES string of the molecule is CN(C)C[C@H]1[C@@H]2CC[C@@]3(CN(C(=O)c4cccc(S(C)(=O)=O)c4)C[C@@H]13)O2. The number of benzene rings is 1. The van der Waals surface area contributed by atoms with E-state index in [1.807, 2.05) is 4.90 Å². The van der Waals surface area contributed by atoms with Crippen molar-refractivity contribution < 1.29 is 17.9 Å². The van der Waals surface area contributed by atoms with E-state index in [4.69, 9.17) is 4.74 Å². The normalized spacial score (nSPS) is 33.1. The quantitative estimate of drug-likeness (QED) is 0.789. The number of likely N-dealkylation sites (tertiary alicyclic amines) is 1. The Morgan fingerprint density at radius 2 is 2.15 bits per heavy atom. The fourth-order valence-electron chi connectivity index (χ4n) is 5.05. The Hall–Kier alpha value is -1.44. The molecule has 26 heavy (non-hydrogen) atoms. The molecular weight excluding hydrogens is 352 g/mol. The molecule has 1 aromatic carbocycles. The molecule has 2 bridgehead atoms. The molecule has 3 heterocycles. The van der Waals surface area contributed by atoms with Crippen molar-refractivity contribution in [3.8, 4) is 0 Å². The van der Waals surface area contributed by atoms with Crippen molar-refractivity contribution in [2.45, 2.75) is 29.4 Å². The largest absolute Gasteiger partial charge is 0.369 e. The molecule has 3 fully saturated rings. The van der Waals surface area contributed by atoms with Gasteiger partial charge in [0.05, 0.1) is 23.1 Å². The molecular formula is C19H26N2O4S. The predicted molar refractivity (Wildman–Crippen MR) is 97.8 cm³/mol. The van der Waals surface area contributed by atoms with Gasteiger partial charge in [-0.15, -0.1) is 0 Å². The van der Waals surface area contributed by atoms with Gasteiger partial charge in [-0.05, 0) is 45.1 Å². The predicted octanol–water partition coefficient (Wildman–Crippen LogP) is 1.27. The maximum absolute atomic E-state index is 13.0. The minimum atomic E-state index is -3.33. The van der Waals surface area contributed by atoms with Crippen molar-refractivity contribution in [1.29, 1.82) is 0 Å². The lowest BCUT2D eigenvalue weighted by atomic mass is 9.73. The van der Waals surface area contributed by atoms with Crippen LogP contribution in [0.5, 0.6) is 0 Å². The molecule has 0 N–H and O–H groups in total. The first-order valence-corrected chi connectivity index (χ1v) is 11.0. The Labute approximate surface area is 155 Å². The van der Waals surface area contributed by atoms with Gasteiger partial charge < -0.3 is 14.5 Å². The Morgan fingerprint density at radius 3 is 2.85 bits per heavy atom. The lowest BCUT2D eigenvalue weighted by Gasteiger charge is -2.30. The van der Waals surface area contributed by atoms with E-state index in [9.17, 15) is 13.2 Å². The fraction of sp³-hybridized carbons (Fsp3) is 0.632. The van der Waals surface area contributed by atoms with Crippen LogP contribution in [0, 0.1) is 11.8 Å². The van der Waals surface area contributed by atoms with Gasteiger partial charge in [0.2, 0.25) is 0 Å². The molecule has 0 aliphatic carbocycles. The van der Waals surface area contributed by atoms with E-state index < -0.39 is 9.84 Å². The highest BCUT2D eigenvalue weighted by molar-refractivity contribution is 7.90. The second-order valence-corrected chi connectivity index (χ2v) is 10.3. The average molecular weight is 378 g/mol. The molecule has 3 saturated heterocycles. The van der Waals surface area contributed by atoms with Gasteiger partial charge in [0.1, 0.15) is 0 Å². The highest BCUT2D eigenvalue weighted by Crippen LogP contribution is 2.55. The molecule has 142 valence electrons.